The lowest BCUT2D eigenvalue weighted by atomic mass is 10.1. The van der Waals surface area contributed by atoms with E-state index in [0.717, 1.165) is 10.6 Å². The second-order valence-corrected chi connectivity index (χ2v) is 5.13. The molecule has 2 aromatic rings. The van der Waals surface area contributed by atoms with E-state index in [4.69, 9.17) is 4.74 Å². The SMILES string of the molecule is CC(O)CN(N=O)c1cc(OCc2ccccc2)ccc1C=O. The Balaban J connectivity index is 2.20. The molecule has 1 atom stereocenters. The van der Waals surface area contributed by atoms with Gasteiger partial charge in [-0.15, -0.1) is 4.91 Å². The second-order valence-electron chi connectivity index (χ2n) is 5.13. The molecule has 0 heterocycles. The highest BCUT2D eigenvalue weighted by Crippen LogP contribution is 2.26. The number of aldehydes is 1. The van der Waals surface area contributed by atoms with Gasteiger partial charge in [-0.3, -0.25) is 4.79 Å². The Labute approximate surface area is 134 Å². The summed E-state index contributed by atoms with van der Waals surface area (Å²) in [6.45, 7) is 1.90. The van der Waals surface area contributed by atoms with E-state index < -0.39 is 6.10 Å². The molecule has 0 spiro atoms. The number of anilines is 1. The van der Waals surface area contributed by atoms with Gasteiger partial charge in [0.05, 0.1) is 23.6 Å². The van der Waals surface area contributed by atoms with E-state index in [1.54, 1.807) is 18.2 Å². The van der Waals surface area contributed by atoms with Crippen LogP contribution in [0, 0.1) is 4.91 Å². The van der Waals surface area contributed by atoms with E-state index in [1.165, 1.54) is 6.92 Å². The monoisotopic (exact) mass is 314 g/mol. The van der Waals surface area contributed by atoms with E-state index >= 15 is 0 Å². The molecular weight excluding hydrogens is 296 g/mol. The maximum Gasteiger partial charge on any atom is 0.152 e. The fraction of sp³-hybridized carbons (Fsp3) is 0.235. The molecule has 0 aromatic heterocycles. The minimum atomic E-state index is -0.763. The Kier molecular flexibility index (Phi) is 5.82. The third kappa shape index (κ3) is 4.62. The van der Waals surface area contributed by atoms with Crippen molar-refractivity contribution >= 4 is 12.0 Å². The highest BCUT2D eigenvalue weighted by atomic mass is 16.5. The molecule has 2 rings (SSSR count). The van der Waals surface area contributed by atoms with E-state index in [-0.39, 0.29) is 6.54 Å². The second kappa shape index (κ2) is 8.05. The largest absolute Gasteiger partial charge is 0.489 e. The number of rotatable bonds is 8. The first-order valence-electron chi connectivity index (χ1n) is 7.19. The minimum absolute atomic E-state index is 0.00746. The van der Waals surface area contributed by atoms with Gasteiger partial charge in [-0.25, -0.2) is 5.01 Å². The molecule has 1 unspecified atom stereocenters. The summed E-state index contributed by atoms with van der Waals surface area (Å²) in [6.07, 6.45) is -0.127. The summed E-state index contributed by atoms with van der Waals surface area (Å²) in [4.78, 5) is 22.2. The smallest absolute Gasteiger partial charge is 0.152 e. The van der Waals surface area contributed by atoms with Crippen molar-refractivity contribution in [2.45, 2.75) is 19.6 Å². The van der Waals surface area contributed by atoms with Crippen molar-refractivity contribution in [3.05, 3.63) is 64.6 Å². The first-order chi connectivity index (χ1) is 11.1. The Hall–Kier alpha value is -2.73. The van der Waals surface area contributed by atoms with Crippen molar-refractivity contribution in [1.29, 1.82) is 0 Å². The van der Waals surface area contributed by atoms with Crippen molar-refractivity contribution < 1.29 is 14.6 Å². The van der Waals surface area contributed by atoms with Crippen molar-refractivity contribution in [1.82, 2.24) is 0 Å². The number of carbonyl (C=O) groups excluding carboxylic acids is 1. The number of ether oxygens (including phenoxy) is 1. The highest BCUT2D eigenvalue weighted by molar-refractivity contribution is 5.85. The number of aliphatic hydroxyl groups excluding tert-OH is 1. The van der Waals surface area contributed by atoms with Crippen LogP contribution >= 0.6 is 0 Å². The van der Waals surface area contributed by atoms with Gasteiger partial charge in [0.25, 0.3) is 0 Å². The number of hydrogen-bond acceptors (Lipinski definition) is 5. The number of hydrogen-bond donors (Lipinski definition) is 1. The molecular formula is C17H18N2O4. The molecule has 2 aromatic carbocycles. The van der Waals surface area contributed by atoms with Crippen LogP contribution in [-0.2, 0) is 6.61 Å². The topological polar surface area (TPSA) is 79.2 Å². The summed E-state index contributed by atoms with van der Waals surface area (Å²) in [5.74, 6) is 0.508. The molecule has 0 saturated heterocycles. The van der Waals surface area contributed by atoms with E-state index in [1.807, 2.05) is 30.3 Å². The van der Waals surface area contributed by atoms with Crippen molar-refractivity contribution in [3.63, 3.8) is 0 Å². The third-order valence-electron chi connectivity index (χ3n) is 3.19. The Morgan fingerprint density at radius 3 is 2.61 bits per heavy atom. The molecule has 1 N–H and O–H groups in total. The maximum atomic E-state index is 11.2. The van der Waals surface area contributed by atoms with Gasteiger partial charge in [-0.1, -0.05) is 30.3 Å². The van der Waals surface area contributed by atoms with E-state index in [9.17, 15) is 14.8 Å². The molecule has 0 radical (unpaired) electrons. The van der Waals surface area contributed by atoms with Crippen LogP contribution in [0.25, 0.3) is 0 Å². The summed E-state index contributed by atoms with van der Waals surface area (Å²) in [6, 6.07) is 14.4. The molecule has 0 aliphatic carbocycles. The maximum absolute atomic E-state index is 11.2. The molecule has 0 aliphatic rings. The van der Waals surface area contributed by atoms with Gasteiger partial charge in [0.1, 0.15) is 12.4 Å². The highest BCUT2D eigenvalue weighted by Gasteiger charge is 2.15. The van der Waals surface area contributed by atoms with Crippen LogP contribution in [0.4, 0.5) is 5.69 Å². The van der Waals surface area contributed by atoms with Crippen LogP contribution in [0.5, 0.6) is 5.75 Å². The van der Waals surface area contributed by atoms with Crippen LogP contribution in [0.3, 0.4) is 0 Å². The standard InChI is InChI=1S/C17H18N2O4/c1-13(21)10-19(18-22)17-9-16(8-7-15(17)11-20)23-12-14-5-3-2-4-6-14/h2-9,11,13,21H,10,12H2,1H3. The van der Waals surface area contributed by atoms with E-state index in [2.05, 4.69) is 5.29 Å². The lowest BCUT2D eigenvalue weighted by Crippen LogP contribution is -2.26. The first kappa shape index (κ1) is 16.6. The molecule has 0 fully saturated rings. The minimum Gasteiger partial charge on any atom is -0.489 e. The van der Waals surface area contributed by atoms with Gasteiger partial charge in [0.15, 0.2) is 6.29 Å². The molecule has 120 valence electrons. The summed E-state index contributed by atoms with van der Waals surface area (Å²) in [5.41, 5.74) is 1.61. The predicted octanol–water partition coefficient (Wildman–Crippen LogP) is 2.95. The van der Waals surface area contributed by atoms with Gasteiger partial charge in [0.2, 0.25) is 0 Å². The lowest BCUT2D eigenvalue weighted by molar-refractivity contribution is 0.112. The number of nitrogens with zero attached hydrogens (tertiary/aromatic N) is 2. The molecule has 6 heteroatoms. The first-order valence-corrected chi connectivity index (χ1v) is 7.19. The van der Waals surface area contributed by atoms with Crippen molar-refractivity contribution in [3.8, 4) is 5.75 Å². The average Bonchev–Trinajstić information content (AvgIpc) is 2.58. The molecule has 0 amide bonds. The van der Waals surface area contributed by atoms with E-state index in [0.29, 0.717) is 29.9 Å². The van der Waals surface area contributed by atoms with Crippen LogP contribution in [-0.4, -0.2) is 24.0 Å². The molecule has 23 heavy (non-hydrogen) atoms. The zero-order chi connectivity index (χ0) is 16.7. The molecule has 6 nitrogen and oxygen atoms in total. The Morgan fingerprint density at radius 1 is 1.26 bits per heavy atom. The van der Waals surface area contributed by atoms with Crippen LogP contribution in [0.2, 0.25) is 0 Å². The average molecular weight is 314 g/mol. The van der Waals surface area contributed by atoms with Gasteiger partial charge >= 0.3 is 0 Å². The summed E-state index contributed by atoms with van der Waals surface area (Å²) >= 11 is 0. The fourth-order valence-electron chi connectivity index (χ4n) is 2.10. The van der Waals surface area contributed by atoms with Crippen molar-refractivity contribution in [2.24, 2.45) is 5.29 Å². The zero-order valence-electron chi connectivity index (χ0n) is 12.8. The number of carbonyl (C=O) groups is 1. The van der Waals surface area contributed by atoms with Gasteiger partial charge in [0, 0.05) is 11.6 Å². The predicted molar refractivity (Wildman–Crippen MR) is 87.4 cm³/mol. The fourth-order valence-corrected chi connectivity index (χ4v) is 2.10. The molecule has 0 bridgehead atoms. The number of nitroso groups, excluding NO2 is 1. The lowest BCUT2D eigenvalue weighted by Gasteiger charge is -2.19. The van der Waals surface area contributed by atoms with Gasteiger partial charge in [-0.05, 0) is 24.6 Å². The number of benzene rings is 2. The van der Waals surface area contributed by atoms with Crippen LogP contribution < -0.4 is 9.75 Å². The summed E-state index contributed by atoms with van der Waals surface area (Å²) in [5, 5.41) is 13.4. The van der Waals surface area contributed by atoms with Gasteiger partial charge in [-0.2, -0.15) is 0 Å². The molecule has 0 saturated carbocycles. The quantitative estimate of drug-likeness (QED) is 0.460. The Bertz CT molecular complexity index is 659. The van der Waals surface area contributed by atoms with Gasteiger partial charge < -0.3 is 9.84 Å². The normalized spacial score (nSPS) is 11.6. The summed E-state index contributed by atoms with van der Waals surface area (Å²) < 4.78 is 5.68. The third-order valence-corrected chi connectivity index (χ3v) is 3.19. The molecule has 0 aliphatic heterocycles. The van der Waals surface area contributed by atoms with Crippen LogP contribution in [0.1, 0.15) is 22.8 Å². The Morgan fingerprint density at radius 2 is 2.00 bits per heavy atom. The van der Waals surface area contributed by atoms with Crippen LogP contribution in [0.15, 0.2) is 53.8 Å². The summed E-state index contributed by atoms with van der Waals surface area (Å²) in [7, 11) is 0. The number of aliphatic hydroxyl groups is 1. The van der Waals surface area contributed by atoms with Crippen molar-refractivity contribution in [2.75, 3.05) is 11.6 Å². The zero-order valence-corrected chi connectivity index (χ0v) is 12.8.